The standard InChI is InChI=1S/C15H11ClIN3O4/c1-8(21)18-13-5-2-9(16)6-14(13)19-15(22)11-4-3-10(20(23)24)7-12(11)17/h2-7H,1H3,(H,18,21)(H,19,22). The minimum absolute atomic E-state index is 0.0994. The molecule has 0 saturated carbocycles. The van der Waals surface area contributed by atoms with Gasteiger partial charge in [-0.1, -0.05) is 11.6 Å². The minimum Gasteiger partial charge on any atom is -0.325 e. The Balaban J connectivity index is 2.31. The molecule has 0 spiro atoms. The van der Waals surface area contributed by atoms with Crippen LogP contribution in [-0.2, 0) is 4.79 Å². The molecule has 0 atom stereocenters. The number of nitro groups is 1. The molecule has 9 heteroatoms. The topological polar surface area (TPSA) is 101 Å². The summed E-state index contributed by atoms with van der Waals surface area (Å²) < 4.78 is 0.433. The van der Waals surface area contributed by atoms with Crippen molar-refractivity contribution in [2.24, 2.45) is 0 Å². The van der Waals surface area contributed by atoms with Gasteiger partial charge in [-0.25, -0.2) is 0 Å². The third-order valence-corrected chi connectivity index (χ3v) is 4.08. The van der Waals surface area contributed by atoms with Gasteiger partial charge in [0.2, 0.25) is 5.91 Å². The number of carbonyl (C=O) groups excluding carboxylic acids is 2. The number of hydrogen-bond donors (Lipinski definition) is 2. The van der Waals surface area contributed by atoms with Crippen molar-refractivity contribution in [2.45, 2.75) is 6.92 Å². The van der Waals surface area contributed by atoms with E-state index in [1.165, 1.54) is 31.2 Å². The third kappa shape index (κ3) is 4.42. The van der Waals surface area contributed by atoms with Crippen LogP contribution in [0.15, 0.2) is 36.4 Å². The first kappa shape index (κ1) is 18.1. The highest BCUT2D eigenvalue weighted by molar-refractivity contribution is 14.1. The van der Waals surface area contributed by atoms with E-state index in [1.54, 1.807) is 12.1 Å². The third-order valence-electron chi connectivity index (χ3n) is 2.95. The summed E-state index contributed by atoms with van der Waals surface area (Å²) in [5.74, 6) is -0.763. The van der Waals surface area contributed by atoms with Crippen LogP contribution in [0.5, 0.6) is 0 Å². The SMILES string of the molecule is CC(=O)Nc1ccc(Cl)cc1NC(=O)c1ccc([N+](=O)[O-])cc1I. The molecule has 2 aromatic carbocycles. The molecule has 0 aliphatic carbocycles. The zero-order valence-corrected chi connectivity index (χ0v) is 15.2. The van der Waals surface area contributed by atoms with E-state index in [0.29, 0.717) is 20.0 Å². The van der Waals surface area contributed by atoms with Crippen LogP contribution in [0.25, 0.3) is 0 Å². The van der Waals surface area contributed by atoms with E-state index < -0.39 is 10.8 Å². The Morgan fingerprint density at radius 1 is 1.12 bits per heavy atom. The van der Waals surface area contributed by atoms with Crippen molar-refractivity contribution in [1.29, 1.82) is 0 Å². The molecule has 0 unspecified atom stereocenters. The molecule has 0 saturated heterocycles. The molecule has 0 heterocycles. The van der Waals surface area contributed by atoms with Gasteiger partial charge < -0.3 is 10.6 Å². The van der Waals surface area contributed by atoms with Gasteiger partial charge in [0.25, 0.3) is 11.6 Å². The lowest BCUT2D eigenvalue weighted by molar-refractivity contribution is -0.384. The molecule has 2 rings (SSSR count). The highest BCUT2D eigenvalue weighted by Crippen LogP contribution is 2.27. The average molecular weight is 460 g/mol. The zero-order valence-electron chi connectivity index (χ0n) is 12.3. The number of non-ortho nitro benzene ring substituents is 1. The van der Waals surface area contributed by atoms with Crippen molar-refractivity contribution >= 4 is 63.1 Å². The average Bonchev–Trinajstić information content (AvgIpc) is 2.49. The number of rotatable bonds is 4. The summed E-state index contributed by atoms with van der Waals surface area (Å²) in [5.41, 5.74) is 0.904. The molecular weight excluding hydrogens is 449 g/mol. The molecule has 0 aliphatic rings. The number of nitrogens with one attached hydrogen (secondary N) is 2. The second-order valence-corrected chi connectivity index (χ2v) is 6.35. The Bertz CT molecular complexity index is 841. The lowest BCUT2D eigenvalue weighted by Gasteiger charge is -2.12. The number of anilines is 2. The summed E-state index contributed by atoms with van der Waals surface area (Å²) in [6, 6.07) is 8.59. The Morgan fingerprint density at radius 2 is 1.83 bits per heavy atom. The van der Waals surface area contributed by atoms with Crippen LogP contribution in [0.1, 0.15) is 17.3 Å². The van der Waals surface area contributed by atoms with Crippen molar-refractivity contribution in [3.63, 3.8) is 0 Å². The van der Waals surface area contributed by atoms with Crippen LogP contribution < -0.4 is 10.6 Å². The van der Waals surface area contributed by atoms with Gasteiger partial charge in [0, 0.05) is 27.6 Å². The van der Waals surface area contributed by atoms with Gasteiger partial charge in [-0.15, -0.1) is 0 Å². The van der Waals surface area contributed by atoms with Gasteiger partial charge in [0.1, 0.15) is 0 Å². The predicted molar refractivity (Wildman–Crippen MR) is 99.5 cm³/mol. The molecular formula is C15H11ClIN3O4. The number of hydrogen-bond acceptors (Lipinski definition) is 4. The van der Waals surface area contributed by atoms with Gasteiger partial charge in [-0.2, -0.15) is 0 Å². The Morgan fingerprint density at radius 3 is 2.42 bits per heavy atom. The van der Waals surface area contributed by atoms with Gasteiger partial charge in [-0.05, 0) is 46.9 Å². The van der Waals surface area contributed by atoms with Crippen LogP contribution in [-0.4, -0.2) is 16.7 Å². The molecule has 7 nitrogen and oxygen atoms in total. The fourth-order valence-corrected chi connectivity index (χ4v) is 2.83. The van der Waals surface area contributed by atoms with Crippen molar-refractivity contribution in [2.75, 3.05) is 10.6 Å². The van der Waals surface area contributed by atoms with Crippen LogP contribution in [0.3, 0.4) is 0 Å². The van der Waals surface area contributed by atoms with Crippen LogP contribution >= 0.6 is 34.2 Å². The highest BCUT2D eigenvalue weighted by Gasteiger charge is 2.16. The normalized spacial score (nSPS) is 10.1. The van der Waals surface area contributed by atoms with E-state index in [4.69, 9.17) is 11.6 Å². The second-order valence-electron chi connectivity index (χ2n) is 4.75. The summed E-state index contributed by atoms with van der Waals surface area (Å²) in [6.45, 7) is 1.35. The maximum absolute atomic E-state index is 12.4. The molecule has 2 N–H and O–H groups in total. The first-order valence-corrected chi connectivity index (χ1v) is 8.06. The Labute approximate surface area is 155 Å². The number of carbonyl (C=O) groups is 2. The maximum atomic E-state index is 12.4. The number of amides is 2. The van der Waals surface area contributed by atoms with E-state index >= 15 is 0 Å². The molecule has 0 radical (unpaired) electrons. The Kier molecular flexibility index (Phi) is 5.73. The maximum Gasteiger partial charge on any atom is 0.270 e. The number of benzene rings is 2. The van der Waals surface area contributed by atoms with Gasteiger partial charge in [-0.3, -0.25) is 19.7 Å². The number of nitrogens with zero attached hydrogens (tertiary/aromatic N) is 1. The monoisotopic (exact) mass is 459 g/mol. The van der Waals surface area contributed by atoms with Gasteiger partial charge >= 0.3 is 0 Å². The smallest absolute Gasteiger partial charge is 0.270 e. The van der Waals surface area contributed by atoms with Crippen LogP contribution in [0.2, 0.25) is 5.02 Å². The van der Waals surface area contributed by atoms with E-state index in [9.17, 15) is 19.7 Å². The molecule has 2 aromatic rings. The van der Waals surface area contributed by atoms with Gasteiger partial charge in [0.15, 0.2) is 0 Å². The summed E-state index contributed by atoms with van der Waals surface area (Å²) in [4.78, 5) is 33.9. The van der Waals surface area contributed by atoms with Crippen molar-refractivity contribution in [3.8, 4) is 0 Å². The van der Waals surface area contributed by atoms with Crippen molar-refractivity contribution in [1.82, 2.24) is 0 Å². The zero-order chi connectivity index (χ0) is 17.9. The quantitative estimate of drug-likeness (QED) is 0.409. The second kappa shape index (κ2) is 7.58. The van der Waals surface area contributed by atoms with Crippen LogP contribution in [0, 0.1) is 13.7 Å². The fourth-order valence-electron chi connectivity index (χ4n) is 1.91. The lowest BCUT2D eigenvalue weighted by atomic mass is 10.2. The van der Waals surface area contributed by atoms with E-state index in [2.05, 4.69) is 10.6 Å². The van der Waals surface area contributed by atoms with Crippen molar-refractivity contribution < 1.29 is 14.5 Å². The molecule has 24 heavy (non-hydrogen) atoms. The highest BCUT2D eigenvalue weighted by atomic mass is 127. The van der Waals surface area contributed by atoms with E-state index in [1.807, 2.05) is 22.6 Å². The summed E-state index contributed by atoms with van der Waals surface area (Å²) in [6.07, 6.45) is 0. The number of nitro benzene ring substituents is 1. The molecule has 124 valence electrons. The first-order valence-electron chi connectivity index (χ1n) is 6.60. The predicted octanol–water partition coefficient (Wildman–Crippen LogP) is 4.06. The van der Waals surface area contributed by atoms with E-state index in [-0.39, 0.29) is 17.2 Å². The minimum atomic E-state index is -0.532. The Hall–Kier alpha value is -2.20. The van der Waals surface area contributed by atoms with E-state index in [0.717, 1.165) is 0 Å². The largest absolute Gasteiger partial charge is 0.325 e. The summed E-state index contributed by atoms with van der Waals surface area (Å²) in [7, 11) is 0. The lowest BCUT2D eigenvalue weighted by Crippen LogP contribution is -2.16. The fraction of sp³-hybridized carbons (Fsp3) is 0.0667. The summed E-state index contributed by atoms with van der Waals surface area (Å²) in [5, 5.41) is 16.4. The molecule has 0 aromatic heterocycles. The summed E-state index contributed by atoms with van der Waals surface area (Å²) >= 11 is 7.78. The van der Waals surface area contributed by atoms with Crippen LogP contribution in [0.4, 0.5) is 17.1 Å². The molecule has 0 aliphatic heterocycles. The molecule has 2 amide bonds. The first-order chi connectivity index (χ1) is 11.3. The number of halogens is 2. The van der Waals surface area contributed by atoms with Crippen molar-refractivity contribution in [3.05, 3.63) is 60.7 Å². The van der Waals surface area contributed by atoms with Gasteiger partial charge in [0.05, 0.1) is 21.9 Å². The molecule has 0 bridgehead atoms. The molecule has 0 fully saturated rings.